The van der Waals surface area contributed by atoms with Gasteiger partial charge in [-0.05, 0) is 37.8 Å². The average molecular weight is 271 g/mol. The fourth-order valence-corrected chi connectivity index (χ4v) is 2.50. The lowest BCUT2D eigenvalue weighted by molar-refractivity contribution is 0.643. The molecule has 0 saturated heterocycles. The maximum atomic E-state index is 6.15. The largest absolute Gasteiger partial charge is 0.327 e. The summed E-state index contributed by atoms with van der Waals surface area (Å²) in [5.74, 6) is 1.13. The first kappa shape index (κ1) is 14.8. The van der Waals surface area contributed by atoms with E-state index in [4.69, 9.17) is 5.73 Å². The Kier molecular flexibility index (Phi) is 4.96. The lowest BCUT2D eigenvalue weighted by Gasteiger charge is -2.16. The summed E-state index contributed by atoms with van der Waals surface area (Å²) >= 11 is 0. The van der Waals surface area contributed by atoms with Crippen LogP contribution in [0.4, 0.5) is 0 Å². The highest BCUT2D eigenvalue weighted by Crippen LogP contribution is 2.20. The van der Waals surface area contributed by atoms with Gasteiger partial charge in [-0.1, -0.05) is 31.5 Å². The van der Waals surface area contributed by atoms with Crippen molar-refractivity contribution in [3.8, 4) is 5.69 Å². The highest BCUT2D eigenvalue weighted by molar-refractivity contribution is 5.45. The van der Waals surface area contributed by atoms with Crippen LogP contribution in [0.5, 0.6) is 0 Å². The molecule has 1 aromatic carbocycles. The second-order valence-electron chi connectivity index (χ2n) is 5.47. The van der Waals surface area contributed by atoms with E-state index in [0.717, 1.165) is 31.5 Å². The summed E-state index contributed by atoms with van der Waals surface area (Å²) in [6.45, 7) is 6.45. The Morgan fingerprint density at radius 2 is 2.10 bits per heavy atom. The number of imidazole rings is 1. The van der Waals surface area contributed by atoms with E-state index in [9.17, 15) is 0 Å². The van der Waals surface area contributed by atoms with Crippen molar-refractivity contribution >= 4 is 0 Å². The minimum absolute atomic E-state index is 0.216. The van der Waals surface area contributed by atoms with Crippen LogP contribution in [-0.4, -0.2) is 15.6 Å². The van der Waals surface area contributed by atoms with E-state index in [-0.39, 0.29) is 6.04 Å². The molecule has 1 aromatic heterocycles. The Hall–Kier alpha value is -1.61. The molecule has 1 atom stereocenters. The Morgan fingerprint density at radius 1 is 1.30 bits per heavy atom. The number of benzene rings is 1. The van der Waals surface area contributed by atoms with Crippen LogP contribution in [-0.2, 0) is 12.8 Å². The molecule has 1 unspecified atom stereocenters. The molecule has 0 amide bonds. The van der Waals surface area contributed by atoms with Crippen LogP contribution in [0.15, 0.2) is 30.6 Å². The van der Waals surface area contributed by atoms with Crippen molar-refractivity contribution in [2.45, 2.75) is 52.5 Å². The van der Waals surface area contributed by atoms with Gasteiger partial charge in [0.15, 0.2) is 0 Å². The molecule has 0 bridgehead atoms. The molecule has 0 radical (unpaired) electrons. The zero-order chi connectivity index (χ0) is 14.5. The standard InChI is InChI=1S/C17H25N3/c1-4-6-17-19-9-10-20(17)16-8-7-13(3)11-14(16)12-15(18)5-2/h7-11,15H,4-6,12,18H2,1-3H3. The number of nitrogens with zero attached hydrogens (tertiary/aromatic N) is 2. The summed E-state index contributed by atoms with van der Waals surface area (Å²) in [5, 5.41) is 0. The van der Waals surface area contributed by atoms with Gasteiger partial charge in [0.2, 0.25) is 0 Å². The van der Waals surface area contributed by atoms with Gasteiger partial charge in [-0.3, -0.25) is 0 Å². The average Bonchev–Trinajstić information content (AvgIpc) is 2.87. The predicted octanol–water partition coefficient (Wildman–Crippen LogP) is 3.41. The first-order chi connectivity index (χ1) is 9.65. The Labute approximate surface area is 121 Å². The zero-order valence-corrected chi connectivity index (χ0v) is 12.8. The Morgan fingerprint density at radius 3 is 2.80 bits per heavy atom. The first-order valence-electron chi connectivity index (χ1n) is 7.53. The third kappa shape index (κ3) is 3.28. The van der Waals surface area contributed by atoms with E-state index in [1.165, 1.54) is 16.8 Å². The van der Waals surface area contributed by atoms with Crippen molar-refractivity contribution in [2.24, 2.45) is 5.73 Å². The summed E-state index contributed by atoms with van der Waals surface area (Å²) in [6.07, 6.45) is 7.95. The Balaban J connectivity index is 2.42. The predicted molar refractivity (Wildman–Crippen MR) is 84.3 cm³/mol. The fraction of sp³-hybridized carbons (Fsp3) is 0.471. The van der Waals surface area contributed by atoms with Crippen molar-refractivity contribution in [3.63, 3.8) is 0 Å². The monoisotopic (exact) mass is 271 g/mol. The number of hydrogen-bond donors (Lipinski definition) is 1. The van der Waals surface area contributed by atoms with Crippen LogP contribution >= 0.6 is 0 Å². The number of hydrogen-bond acceptors (Lipinski definition) is 2. The molecule has 1 heterocycles. The summed E-state index contributed by atoms with van der Waals surface area (Å²) in [5.41, 5.74) is 9.97. The molecule has 0 saturated carbocycles. The maximum Gasteiger partial charge on any atom is 0.113 e. The quantitative estimate of drug-likeness (QED) is 0.875. The van der Waals surface area contributed by atoms with Gasteiger partial charge in [-0.15, -0.1) is 0 Å². The van der Waals surface area contributed by atoms with Crippen LogP contribution < -0.4 is 5.73 Å². The third-order valence-electron chi connectivity index (χ3n) is 3.69. The third-order valence-corrected chi connectivity index (χ3v) is 3.69. The van der Waals surface area contributed by atoms with E-state index in [0.29, 0.717) is 0 Å². The first-order valence-corrected chi connectivity index (χ1v) is 7.53. The smallest absolute Gasteiger partial charge is 0.113 e. The molecule has 3 heteroatoms. The molecular formula is C17H25N3. The lowest BCUT2D eigenvalue weighted by atomic mass is 10.0. The molecule has 108 valence electrons. The van der Waals surface area contributed by atoms with Crippen molar-refractivity contribution in [1.29, 1.82) is 0 Å². The minimum atomic E-state index is 0.216. The molecule has 3 nitrogen and oxygen atoms in total. The maximum absolute atomic E-state index is 6.15. The molecule has 0 spiro atoms. The van der Waals surface area contributed by atoms with E-state index in [1.807, 2.05) is 6.20 Å². The molecular weight excluding hydrogens is 246 g/mol. The highest BCUT2D eigenvalue weighted by Gasteiger charge is 2.11. The summed E-state index contributed by atoms with van der Waals surface area (Å²) in [6, 6.07) is 6.81. The van der Waals surface area contributed by atoms with Gasteiger partial charge in [0.05, 0.1) is 0 Å². The van der Waals surface area contributed by atoms with Crippen molar-refractivity contribution in [2.75, 3.05) is 0 Å². The van der Waals surface area contributed by atoms with Crippen LogP contribution in [0.3, 0.4) is 0 Å². The lowest BCUT2D eigenvalue weighted by Crippen LogP contribution is -2.22. The van der Waals surface area contributed by atoms with E-state index < -0.39 is 0 Å². The number of rotatable bonds is 6. The molecule has 2 rings (SSSR count). The normalized spacial score (nSPS) is 12.6. The van der Waals surface area contributed by atoms with Gasteiger partial charge in [0.25, 0.3) is 0 Å². The van der Waals surface area contributed by atoms with Gasteiger partial charge in [0.1, 0.15) is 5.82 Å². The minimum Gasteiger partial charge on any atom is -0.327 e. The molecule has 0 aliphatic heterocycles. The van der Waals surface area contributed by atoms with Crippen LogP contribution in [0.1, 0.15) is 43.6 Å². The molecule has 2 aromatic rings. The summed E-state index contributed by atoms with van der Waals surface area (Å²) in [7, 11) is 0. The SMILES string of the molecule is CCCc1nccn1-c1ccc(C)cc1CC(N)CC. The van der Waals surface area contributed by atoms with E-state index in [2.05, 4.69) is 54.7 Å². The highest BCUT2D eigenvalue weighted by atomic mass is 15.1. The summed E-state index contributed by atoms with van der Waals surface area (Å²) in [4.78, 5) is 4.48. The van der Waals surface area contributed by atoms with Crippen LogP contribution in [0.25, 0.3) is 5.69 Å². The van der Waals surface area contributed by atoms with Gasteiger partial charge < -0.3 is 10.3 Å². The second-order valence-corrected chi connectivity index (χ2v) is 5.47. The summed E-state index contributed by atoms with van der Waals surface area (Å²) < 4.78 is 2.21. The Bertz CT molecular complexity index is 557. The van der Waals surface area contributed by atoms with Crippen molar-refractivity contribution in [3.05, 3.63) is 47.5 Å². The second kappa shape index (κ2) is 6.71. The van der Waals surface area contributed by atoms with Gasteiger partial charge in [-0.2, -0.15) is 0 Å². The number of nitrogens with two attached hydrogens (primary N) is 1. The number of aromatic nitrogens is 2. The van der Waals surface area contributed by atoms with Gasteiger partial charge in [-0.25, -0.2) is 4.98 Å². The molecule has 0 aliphatic carbocycles. The molecule has 2 N–H and O–H groups in total. The molecule has 0 aliphatic rings. The van der Waals surface area contributed by atoms with Crippen molar-refractivity contribution in [1.82, 2.24) is 9.55 Å². The van der Waals surface area contributed by atoms with Crippen LogP contribution in [0, 0.1) is 6.92 Å². The molecule has 0 fully saturated rings. The fourth-order valence-electron chi connectivity index (χ4n) is 2.50. The zero-order valence-electron chi connectivity index (χ0n) is 12.8. The van der Waals surface area contributed by atoms with Gasteiger partial charge >= 0.3 is 0 Å². The van der Waals surface area contributed by atoms with E-state index >= 15 is 0 Å². The van der Waals surface area contributed by atoms with Gasteiger partial charge in [0, 0.05) is 30.5 Å². The number of aryl methyl sites for hydroxylation is 2. The topological polar surface area (TPSA) is 43.8 Å². The van der Waals surface area contributed by atoms with E-state index in [1.54, 1.807) is 0 Å². The molecule has 20 heavy (non-hydrogen) atoms. The van der Waals surface area contributed by atoms with Crippen LogP contribution in [0.2, 0.25) is 0 Å². The van der Waals surface area contributed by atoms with Crippen molar-refractivity contribution < 1.29 is 0 Å².